The van der Waals surface area contributed by atoms with E-state index in [1.165, 1.54) is 11.8 Å². The van der Waals surface area contributed by atoms with Gasteiger partial charge in [0.2, 0.25) is 6.79 Å². The second-order valence-electron chi connectivity index (χ2n) is 7.08. The summed E-state index contributed by atoms with van der Waals surface area (Å²) >= 11 is 1.23. The van der Waals surface area contributed by atoms with Crippen LogP contribution in [0.2, 0.25) is 0 Å². The molecule has 2 aliphatic rings. The van der Waals surface area contributed by atoms with E-state index in [9.17, 15) is 9.90 Å². The molecule has 0 spiro atoms. The van der Waals surface area contributed by atoms with Crippen molar-refractivity contribution in [2.45, 2.75) is 6.92 Å². The Morgan fingerprint density at radius 3 is 2.81 bits per heavy atom. The maximum atomic E-state index is 12.7. The fraction of sp³-hybridized carbons (Fsp3) is 0.120. The Labute approximate surface area is 188 Å². The van der Waals surface area contributed by atoms with Crippen LogP contribution >= 0.6 is 11.8 Å². The second-order valence-corrected chi connectivity index (χ2v) is 8.11. The Kier molecular flexibility index (Phi) is 5.33. The molecule has 2 heterocycles. The maximum Gasteiger partial charge on any atom is 0.344 e. The van der Waals surface area contributed by atoms with E-state index in [-0.39, 0.29) is 24.7 Å². The second kappa shape index (κ2) is 8.43. The van der Waals surface area contributed by atoms with Crippen LogP contribution in [0.3, 0.4) is 0 Å². The number of benzene rings is 3. The summed E-state index contributed by atoms with van der Waals surface area (Å²) in [5, 5.41) is 13.3. The van der Waals surface area contributed by atoms with Crippen LogP contribution in [0.5, 0.6) is 11.5 Å². The Hall–Kier alpha value is -3.71. The molecule has 0 saturated heterocycles. The van der Waals surface area contributed by atoms with Crippen LogP contribution in [0.15, 0.2) is 81.9 Å². The lowest BCUT2D eigenvalue weighted by atomic mass is 10.1. The summed E-state index contributed by atoms with van der Waals surface area (Å²) in [6.07, 6.45) is 1.78. The number of fused-ring (bicyclic) bond motifs is 2. The molecule has 3 aromatic carbocycles. The molecule has 1 N–H and O–H groups in total. The number of aliphatic hydroxyl groups excluding tert-OH is 1. The van der Waals surface area contributed by atoms with Crippen LogP contribution in [-0.4, -0.2) is 29.5 Å². The smallest absolute Gasteiger partial charge is 0.344 e. The number of thioether (sulfide) groups is 1. The number of carbonyl (C=O) groups excluding carboxylic acids is 1. The van der Waals surface area contributed by atoms with Gasteiger partial charge in [-0.25, -0.2) is 9.79 Å². The molecular formula is C25H19NO5S. The van der Waals surface area contributed by atoms with E-state index in [0.29, 0.717) is 27.1 Å². The third-order valence-corrected chi connectivity index (χ3v) is 6.07. The number of hydrogen-bond donors (Lipinski definition) is 1. The van der Waals surface area contributed by atoms with E-state index in [4.69, 9.17) is 19.2 Å². The molecule has 0 fully saturated rings. The Balaban J connectivity index is 1.58. The van der Waals surface area contributed by atoms with Crippen molar-refractivity contribution in [2.24, 2.45) is 4.99 Å². The number of ether oxygens (including phenoxy) is 3. The highest BCUT2D eigenvalue weighted by Crippen LogP contribution is 2.42. The Bertz CT molecular complexity index is 1320. The third-order valence-electron chi connectivity index (χ3n) is 5.05. The Morgan fingerprint density at radius 2 is 1.94 bits per heavy atom. The van der Waals surface area contributed by atoms with E-state index in [0.717, 1.165) is 16.3 Å². The molecule has 0 radical (unpaired) electrons. The van der Waals surface area contributed by atoms with Crippen molar-refractivity contribution in [3.63, 3.8) is 0 Å². The van der Waals surface area contributed by atoms with Gasteiger partial charge < -0.3 is 19.3 Å². The Morgan fingerprint density at radius 1 is 1.12 bits per heavy atom. The van der Waals surface area contributed by atoms with Crippen LogP contribution in [0.25, 0.3) is 16.8 Å². The monoisotopic (exact) mass is 445 g/mol. The van der Waals surface area contributed by atoms with Gasteiger partial charge in [0.05, 0.1) is 17.2 Å². The summed E-state index contributed by atoms with van der Waals surface area (Å²) in [7, 11) is 0. The van der Waals surface area contributed by atoms with Crippen LogP contribution in [0.4, 0.5) is 5.69 Å². The van der Waals surface area contributed by atoms with E-state index in [1.807, 2.05) is 60.7 Å². The fourth-order valence-electron chi connectivity index (χ4n) is 3.56. The number of aliphatic imine (C=N–C) groups is 1. The SMILES string of the molecule is CCOC(=O)C1=C(O)C(=Cc2ccc3c(c2)OCO3)SC1=Nc1cccc2ccccc12. The molecule has 160 valence electrons. The standard InChI is InChI=1S/C25H19NO5S/c1-2-29-25(28)22-23(27)21(13-15-10-11-19-20(12-15)31-14-30-19)32-24(22)26-18-9-5-7-16-6-3-4-8-17(16)18/h3-13,27H,2,14H2,1H3. The highest BCUT2D eigenvalue weighted by Gasteiger charge is 2.33. The van der Waals surface area contributed by atoms with Gasteiger partial charge in [0.1, 0.15) is 16.4 Å². The number of esters is 1. The molecule has 0 amide bonds. The summed E-state index contributed by atoms with van der Waals surface area (Å²) in [6, 6.07) is 19.2. The average molecular weight is 445 g/mol. The van der Waals surface area contributed by atoms with Crippen LogP contribution in [0.1, 0.15) is 12.5 Å². The molecule has 3 aromatic rings. The first-order valence-electron chi connectivity index (χ1n) is 10.1. The van der Waals surface area contributed by atoms with Crippen molar-refractivity contribution < 1.29 is 24.1 Å². The lowest BCUT2D eigenvalue weighted by Gasteiger charge is -2.05. The van der Waals surface area contributed by atoms with Gasteiger partial charge in [-0.3, -0.25) is 0 Å². The van der Waals surface area contributed by atoms with Gasteiger partial charge in [0, 0.05) is 5.39 Å². The molecule has 6 nitrogen and oxygen atoms in total. The molecule has 0 unspecified atom stereocenters. The molecule has 0 bridgehead atoms. The minimum absolute atomic E-state index is 0.0665. The van der Waals surface area contributed by atoms with Gasteiger partial charge in [0.15, 0.2) is 11.5 Å². The molecular weight excluding hydrogens is 426 g/mol. The molecule has 0 aromatic heterocycles. The maximum absolute atomic E-state index is 12.7. The highest BCUT2D eigenvalue weighted by atomic mass is 32.2. The van der Waals surface area contributed by atoms with Gasteiger partial charge in [-0.15, -0.1) is 0 Å². The van der Waals surface area contributed by atoms with Gasteiger partial charge in [0.25, 0.3) is 0 Å². The molecule has 0 atom stereocenters. The summed E-state index contributed by atoms with van der Waals surface area (Å²) < 4.78 is 16.0. The van der Waals surface area contributed by atoms with Gasteiger partial charge in [-0.1, -0.05) is 54.2 Å². The summed E-state index contributed by atoms with van der Waals surface area (Å²) in [6.45, 7) is 2.11. The molecule has 5 rings (SSSR count). The van der Waals surface area contributed by atoms with Crippen LogP contribution in [0, 0.1) is 0 Å². The van der Waals surface area contributed by atoms with Crippen molar-refractivity contribution in [1.29, 1.82) is 0 Å². The number of rotatable bonds is 4. The predicted molar refractivity (Wildman–Crippen MR) is 125 cm³/mol. The van der Waals surface area contributed by atoms with Gasteiger partial charge >= 0.3 is 5.97 Å². The number of nitrogens with zero attached hydrogens (tertiary/aromatic N) is 1. The van der Waals surface area contributed by atoms with E-state index < -0.39 is 5.97 Å². The molecule has 32 heavy (non-hydrogen) atoms. The van der Waals surface area contributed by atoms with Crippen molar-refractivity contribution >= 4 is 45.3 Å². The largest absolute Gasteiger partial charge is 0.506 e. The minimum Gasteiger partial charge on any atom is -0.506 e. The van der Waals surface area contributed by atoms with Gasteiger partial charge in [-0.05, 0) is 42.1 Å². The van der Waals surface area contributed by atoms with E-state index in [1.54, 1.807) is 13.0 Å². The van der Waals surface area contributed by atoms with Crippen molar-refractivity contribution in [3.05, 3.63) is 82.5 Å². The van der Waals surface area contributed by atoms with Gasteiger partial charge in [-0.2, -0.15) is 0 Å². The first-order valence-corrected chi connectivity index (χ1v) is 10.9. The zero-order chi connectivity index (χ0) is 22.1. The molecule has 0 aliphatic carbocycles. The predicted octanol–water partition coefficient (Wildman–Crippen LogP) is 5.76. The first-order chi connectivity index (χ1) is 15.6. The quantitative estimate of drug-likeness (QED) is 0.515. The molecule has 0 saturated carbocycles. The average Bonchev–Trinajstić information content (AvgIpc) is 3.38. The third kappa shape index (κ3) is 3.71. The summed E-state index contributed by atoms with van der Waals surface area (Å²) in [5.41, 5.74) is 1.58. The zero-order valence-corrected chi connectivity index (χ0v) is 18.0. The van der Waals surface area contributed by atoms with E-state index >= 15 is 0 Å². The lowest BCUT2D eigenvalue weighted by molar-refractivity contribution is -0.138. The topological polar surface area (TPSA) is 77.4 Å². The zero-order valence-electron chi connectivity index (χ0n) is 17.2. The summed E-state index contributed by atoms with van der Waals surface area (Å²) in [4.78, 5) is 17.9. The van der Waals surface area contributed by atoms with Crippen molar-refractivity contribution in [1.82, 2.24) is 0 Å². The lowest BCUT2D eigenvalue weighted by Crippen LogP contribution is -2.12. The highest BCUT2D eigenvalue weighted by molar-refractivity contribution is 8.18. The molecule has 2 aliphatic heterocycles. The summed E-state index contributed by atoms with van der Waals surface area (Å²) in [5.74, 6) is 0.563. The first kappa shape index (κ1) is 20.2. The van der Waals surface area contributed by atoms with Crippen molar-refractivity contribution in [2.75, 3.05) is 13.4 Å². The number of aliphatic hydroxyl groups is 1. The van der Waals surface area contributed by atoms with Crippen LogP contribution in [-0.2, 0) is 9.53 Å². The normalized spacial score (nSPS) is 17.5. The minimum atomic E-state index is -0.606. The van der Waals surface area contributed by atoms with E-state index in [2.05, 4.69) is 0 Å². The number of carbonyl (C=O) groups is 1. The van der Waals surface area contributed by atoms with Crippen molar-refractivity contribution in [3.8, 4) is 11.5 Å². The number of hydrogen-bond acceptors (Lipinski definition) is 7. The fourth-order valence-corrected chi connectivity index (χ4v) is 4.59. The van der Waals surface area contributed by atoms with Crippen LogP contribution < -0.4 is 9.47 Å². The molecule has 7 heteroatoms.